The second-order valence-electron chi connectivity index (χ2n) is 5.10. The van der Waals surface area contributed by atoms with Gasteiger partial charge in [-0.05, 0) is 44.1 Å². The molecule has 96 valence electrons. The third kappa shape index (κ3) is 1.82. The van der Waals surface area contributed by atoms with Crippen molar-refractivity contribution in [1.82, 2.24) is 5.32 Å². The number of aryl methyl sites for hydroxylation is 1. The van der Waals surface area contributed by atoms with E-state index in [9.17, 15) is 9.59 Å². The molecule has 0 unspecified atom stereocenters. The maximum absolute atomic E-state index is 12.2. The lowest BCUT2D eigenvalue weighted by atomic mass is 9.95. The standard InChI is InChI=1S/C13H15NO3S/c15-11(14-13(5-6-13)12(16)17)9-7-18-10-4-2-1-3-8(9)10/h7H,1-6H2,(H,14,15)(H,16,17). The van der Waals surface area contributed by atoms with E-state index in [-0.39, 0.29) is 5.91 Å². The van der Waals surface area contributed by atoms with Crippen LogP contribution in [0.15, 0.2) is 5.38 Å². The Hall–Kier alpha value is -1.36. The predicted octanol–water partition coefficient (Wildman–Crippen LogP) is 1.97. The zero-order valence-corrected chi connectivity index (χ0v) is 10.8. The molecule has 2 aliphatic carbocycles. The van der Waals surface area contributed by atoms with Crippen molar-refractivity contribution in [3.63, 3.8) is 0 Å². The zero-order chi connectivity index (χ0) is 12.8. The van der Waals surface area contributed by atoms with Crippen molar-refractivity contribution in [1.29, 1.82) is 0 Å². The van der Waals surface area contributed by atoms with Gasteiger partial charge in [0.2, 0.25) is 0 Å². The van der Waals surface area contributed by atoms with Gasteiger partial charge in [-0.2, -0.15) is 0 Å². The van der Waals surface area contributed by atoms with Crippen molar-refractivity contribution >= 4 is 23.2 Å². The third-order valence-corrected chi connectivity index (χ3v) is 4.91. The minimum Gasteiger partial charge on any atom is -0.480 e. The van der Waals surface area contributed by atoms with Gasteiger partial charge in [-0.1, -0.05) is 0 Å². The summed E-state index contributed by atoms with van der Waals surface area (Å²) in [7, 11) is 0. The number of carbonyl (C=O) groups excluding carboxylic acids is 1. The van der Waals surface area contributed by atoms with Crippen LogP contribution in [0.4, 0.5) is 0 Å². The highest BCUT2D eigenvalue weighted by molar-refractivity contribution is 7.10. The average Bonchev–Trinajstić information content (AvgIpc) is 3.01. The van der Waals surface area contributed by atoms with Crippen LogP contribution in [0, 0.1) is 0 Å². The number of rotatable bonds is 3. The van der Waals surface area contributed by atoms with Crippen LogP contribution in [0.3, 0.4) is 0 Å². The quantitative estimate of drug-likeness (QED) is 0.878. The number of fused-ring (bicyclic) bond motifs is 1. The minimum absolute atomic E-state index is 0.214. The van der Waals surface area contributed by atoms with Crippen LogP contribution in [0.2, 0.25) is 0 Å². The molecule has 3 rings (SSSR count). The van der Waals surface area contributed by atoms with E-state index in [1.165, 1.54) is 11.3 Å². The smallest absolute Gasteiger partial charge is 0.329 e. The van der Waals surface area contributed by atoms with Crippen molar-refractivity contribution in [2.24, 2.45) is 0 Å². The molecule has 1 fully saturated rings. The maximum atomic E-state index is 12.2. The zero-order valence-electron chi connectivity index (χ0n) is 9.99. The Balaban J connectivity index is 1.81. The summed E-state index contributed by atoms with van der Waals surface area (Å²) in [6, 6.07) is 0. The Morgan fingerprint density at radius 1 is 1.28 bits per heavy atom. The summed E-state index contributed by atoms with van der Waals surface area (Å²) in [5.41, 5.74) is 0.854. The van der Waals surface area contributed by atoms with Crippen LogP contribution >= 0.6 is 11.3 Å². The van der Waals surface area contributed by atoms with Gasteiger partial charge >= 0.3 is 5.97 Å². The lowest BCUT2D eigenvalue weighted by molar-refractivity contribution is -0.140. The molecule has 0 bridgehead atoms. The van der Waals surface area contributed by atoms with E-state index in [0.29, 0.717) is 18.4 Å². The van der Waals surface area contributed by atoms with Gasteiger partial charge in [-0.3, -0.25) is 4.79 Å². The molecule has 0 atom stereocenters. The van der Waals surface area contributed by atoms with Gasteiger partial charge in [-0.25, -0.2) is 4.79 Å². The number of aliphatic carboxylic acids is 1. The molecule has 4 nitrogen and oxygen atoms in total. The predicted molar refractivity (Wildman–Crippen MR) is 68.0 cm³/mol. The van der Waals surface area contributed by atoms with E-state index in [1.54, 1.807) is 11.3 Å². The number of thiophene rings is 1. The first-order valence-electron chi connectivity index (χ1n) is 6.27. The monoisotopic (exact) mass is 265 g/mol. The first-order chi connectivity index (χ1) is 8.62. The topological polar surface area (TPSA) is 66.4 Å². The number of hydrogen-bond donors (Lipinski definition) is 2. The number of nitrogens with one attached hydrogen (secondary N) is 1. The summed E-state index contributed by atoms with van der Waals surface area (Å²) >= 11 is 1.63. The molecule has 1 amide bonds. The Kier molecular flexibility index (Phi) is 2.66. The lowest BCUT2D eigenvalue weighted by Gasteiger charge is -2.15. The summed E-state index contributed by atoms with van der Waals surface area (Å²) in [6.07, 6.45) is 5.39. The van der Waals surface area contributed by atoms with Crippen LogP contribution in [0.5, 0.6) is 0 Å². The van der Waals surface area contributed by atoms with Crippen molar-refractivity contribution in [3.05, 3.63) is 21.4 Å². The van der Waals surface area contributed by atoms with E-state index >= 15 is 0 Å². The highest BCUT2D eigenvalue weighted by Gasteiger charge is 2.51. The highest BCUT2D eigenvalue weighted by atomic mass is 32.1. The van der Waals surface area contributed by atoms with E-state index in [0.717, 1.165) is 24.8 Å². The molecular formula is C13H15NO3S. The Morgan fingerprint density at radius 2 is 2.00 bits per heavy atom. The highest BCUT2D eigenvalue weighted by Crippen LogP contribution is 2.37. The molecule has 1 heterocycles. The van der Waals surface area contributed by atoms with E-state index in [1.807, 2.05) is 5.38 Å². The third-order valence-electron chi connectivity index (χ3n) is 3.82. The maximum Gasteiger partial charge on any atom is 0.329 e. The van der Waals surface area contributed by atoms with Gasteiger partial charge < -0.3 is 10.4 Å². The molecule has 1 aromatic heterocycles. The van der Waals surface area contributed by atoms with Crippen LogP contribution in [-0.2, 0) is 17.6 Å². The van der Waals surface area contributed by atoms with Crippen molar-refractivity contribution in [3.8, 4) is 0 Å². The molecule has 0 aromatic carbocycles. The van der Waals surface area contributed by atoms with E-state index < -0.39 is 11.5 Å². The largest absolute Gasteiger partial charge is 0.480 e. The SMILES string of the molecule is O=C(NC1(C(=O)O)CC1)c1csc2c1CCCC2. The molecule has 18 heavy (non-hydrogen) atoms. The average molecular weight is 265 g/mol. The Morgan fingerprint density at radius 3 is 2.67 bits per heavy atom. The first-order valence-corrected chi connectivity index (χ1v) is 7.15. The number of amides is 1. The molecule has 0 saturated heterocycles. The second-order valence-corrected chi connectivity index (χ2v) is 6.06. The summed E-state index contributed by atoms with van der Waals surface area (Å²) in [6.45, 7) is 0. The molecule has 2 aliphatic rings. The van der Waals surface area contributed by atoms with Crippen molar-refractivity contribution < 1.29 is 14.7 Å². The molecule has 1 aromatic rings. The molecular weight excluding hydrogens is 250 g/mol. The van der Waals surface area contributed by atoms with Crippen LogP contribution < -0.4 is 5.32 Å². The number of carboxylic acids is 1. The summed E-state index contributed by atoms with van der Waals surface area (Å²) in [4.78, 5) is 24.5. The Bertz CT molecular complexity index is 516. The molecule has 0 radical (unpaired) electrons. The van der Waals surface area contributed by atoms with Crippen LogP contribution in [0.1, 0.15) is 46.5 Å². The molecule has 0 spiro atoms. The van der Waals surface area contributed by atoms with Gasteiger partial charge in [0.25, 0.3) is 5.91 Å². The fourth-order valence-electron chi connectivity index (χ4n) is 2.49. The summed E-state index contributed by atoms with van der Waals surface area (Å²) in [5.74, 6) is -1.13. The molecule has 5 heteroatoms. The van der Waals surface area contributed by atoms with Gasteiger partial charge in [0, 0.05) is 10.3 Å². The van der Waals surface area contributed by atoms with Crippen molar-refractivity contribution in [2.45, 2.75) is 44.1 Å². The summed E-state index contributed by atoms with van der Waals surface area (Å²) in [5, 5.41) is 13.6. The lowest BCUT2D eigenvalue weighted by Crippen LogP contribution is -2.43. The van der Waals surface area contributed by atoms with E-state index in [4.69, 9.17) is 5.11 Å². The van der Waals surface area contributed by atoms with Crippen molar-refractivity contribution in [2.75, 3.05) is 0 Å². The van der Waals surface area contributed by atoms with Crippen LogP contribution in [0.25, 0.3) is 0 Å². The fraction of sp³-hybridized carbons (Fsp3) is 0.538. The van der Waals surface area contributed by atoms with Gasteiger partial charge in [0.1, 0.15) is 5.54 Å². The number of hydrogen-bond acceptors (Lipinski definition) is 3. The molecule has 0 aliphatic heterocycles. The second kappa shape index (κ2) is 4.09. The number of carboxylic acid groups (broad SMARTS) is 1. The van der Waals surface area contributed by atoms with Gasteiger partial charge in [0.05, 0.1) is 5.56 Å². The molecule has 1 saturated carbocycles. The van der Waals surface area contributed by atoms with Gasteiger partial charge in [-0.15, -0.1) is 11.3 Å². The Labute approximate surface area is 109 Å². The van der Waals surface area contributed by atoms with Gasteiger partial charge in [0.15, 0.2) is 0 Å². The number of carbonyl (C=O) groups is 2. The van der Waals surface area contributed by atoms with E-state index in [2.05, 4.69) is 5.32 Å². The summed E-state index contributed by atoms with van der Waals surface area (Å²) < 4.78 is 0. The first kappa shape index (κ1) is 11.7. The normalized spacial score (nSPS) is 20.0. The fourth-order valence-corrected chi connectivity index (χ4v) is 3.61. The minimum atomic E-state index is -0.986. The molecule has 2 N–H and O–H groups in total. The van der Waals surface area contributed by atoms with Crippen LogP contribution in [-0.4, -0.2) is 22.5 Å².